The maximum Gasteiger partial charge on any atom is 0.325 e. The first kappa shape index (κ1) is 16.3. The maximum atomic E-state index is 11.8. The number of rotatable bonds is 6. The van der Waals surface area contributed by atoms with Crippen molar-refractivity contribution in [2.45, 2.75) is 25.3 Å². The molecule has 5 nitrogen and oxygen atoms in total. The van der Waals surface area contributed by atoms with Gasteiger partial charge in [-0.05, 0) is 38.1 Å². The van der Waals surface area contributed by atoms with E-state index in [9.17, 15) is 9.59 Å². The highest BCUT2D eigenvalue weighted by Crippen LogP contribution is 2.13. The van der Waals surface area contributed by atoms with Gasteiger partial charge in [0, 0.05) is 12.1 Å². The van der Waals surface area contributed by atoms with E-state index in [1.807, 2.05) is 13.8 Å². The standard InChI is InChI=1S/C14H18ClNO4/c1-9(2)20-11-6-4-10(5-7-11)13(17)16-8-12(15)14(18)19-3/h4-7,9,12H,8H2,1-3H3,(H,16,17). The molecule has 1 atom stereocenters. The molecule has 1 unspecified atom stereocenters. The van der Waals surface area contributed by atoms with Gasteiger partial charge in [-0.25, -0.2) is 0 Å². The lowest BCUT2D eigenvalue weighted by Gasteiger charge is -2.11. The summed E-state index contributed by atoms with van der Waals surface area (Å²) in [6.07, 6.45) is 0.0757. The van der Waals surface area contributed by atoms with Crippen LogP contribution in [-0.2, 0) is 9.53 Å². The third-order valence-electron chi connectivity index (χ3n) is 2.39. The first-order valence-electron chi connectivity index (χ1n) is 6.21. The number of alkyl halides is 1. The summed E-state index contributed by atoms with van der Waals surface area (Å²) in [5.74, 6) is -0.190. The fourth-order valence-corrected chi connectivity index (χ4v) is 1.62. The van der Waals surface area contributed by atoms with Crippen molar-refractivity contribution < 1.29 is 19.1 Å². The number of ether oxygens (including phenoxy) is 2. The lowest BCUT2D eigenvalue weighted by atomic mass is 10.2. The number of carbonyl (C=O) groups is 2. The average molecular weight is 300 g/mol. The number of amides is 1. The zero-order valence-electron chi connectivity index (χ0n) is 11.7. The minimum Gasteiger partial charge on any atom is -0.491 e. The third-order valence-corrected chi connectivity index (χ3v) is 2.72. The largest absolute Gasteiger partial charge is 0.491 e. The molecule has 1 rings (SSSR count). The Balaban J connectivity index is 2.53. The normalized spacial score (nSPS) is 11.8. The van der Waals surface area contributed by atoms with Crippen molar-refractivity contribution in [3.63, 3.8) is 0 Å². The van der Waals surface area contributed by atoms with Crippen LogP contribution >= 0.6 is 11.6 Å². The molecule has 0 fully saturated rings. The van der Waals surface area contributed by atoms with Gasteiger partial charge in [0.25, 0.3) is 5.91 Å². The number of hydrogen-bond donors (Lipinski definition) is 1. The van der Waals surface area contributed by atoms with Crippen molar-refractivity contribution in [3.05, 3.63) is 29.8 Å². The summed E-state index contributed by atoms with van der Waals surface area (Å²) in [6, 6.07) is 6.73. The van der Waals surface area contributed by atoms with Crippen LogP contribution in [0.3, 0.4) is 0 Å². The lowest BCUT2D eigenvalue weighted by Crippen LogP contribution is -2.34. The summed E-state index contributed by atoms with van der Waals surface area (Å²) in [7, 11) is 1.24. The van der Waals surface area contributed by atoms with Crippen LogP contribution in [0.4, 0.5) is 0 Å². The van der Waals surface area contributed by atoms with E-state index in [0.717, 1.165) is 0 Å². The molecule has 20 heavy (non-hydrogen) atoms. The minimum atomic E-state index is -0.896. The molecule has 1 N–H and O–H groups in total. The molecule has 1 amide bonds. The molecule has 0 aliphatic carbocycles. The molecule has 0 saturated heterocycles. The van der Waals surface area contributed by atoms with Crippen LogP contribution in [0.1, 0.15) is 24.2 Å². The van der Waals surface area contributed by atoms with Crippen LogP contribution in [0.5, 0.6) is 5.75 Å². The summed E-state index contributed by atoms with van der Waals surface area (Å²) in [4.78, 5) is 22.9. The second-order valence-electron chi connectivity index (χ2n) is 4.39. The zero-order chi connectivity index (χ0) is 15.1. The first-order chi connectivity index (χ1) is 9.43. The van der Waals surface area contributed by atoms with Crippen LogP contribution < -0.4 is 10.1 Å². The Morgan fingerprint density at radius 1 is 1.25 bits per heavy atom. The molecule has 6 heteroatoms. The number of nitrogens with one attached hydrogen (secondary N) is 1. The highest BCUT2D eigenvalue weighted by atomic mass is 35.5. The monoisotopic (exact) mass is 299 g/mol. The third kappa shape index (κ3) is 5.09. The summed E-state index contributed by atoms with van der Waals surface area (Å²) in [6.45, 7) is 3.86. The Morgan fingerprint density at radius 3 is 2.35 bits per heavy atom. The van der Waals surface area contributed by atoms with Crippen molar-refractivity contribution >= 4 is 23.5 Å². The van der Waals surface area contributed by atoms with Gasteiger partial charge in [-0.2, -0.15) is 0 Å². The highest BCUT2D eigenvalue weighted by molar-refractivity contribution is 6.30. The van der Waals surface area contributed by atoms with Gasteiger partial charge in [0.05, 0.1) is 13.2 Å². The lowest BCUT2D eigenvalue weighted by molar-refractivity contribution is -0.140. The first-order valence-corrected chi connectivity index (χ1v) is 6.64. The van der Waals surface area contributed by atoms with Gasteiger partial charge in [0.1, 0.15) is 11.1 Å². The predicted octanol–water partition coefficient (Wildman–Crippen LogP) is 1.98. The number of halogens is 1. The van der Waals surface area contributed by atoms with Gasteiger partial charge in [-0.3, -0.25) is 9.59 Å². The minimum absolute atomic E-state index is 0.0112. The molecular formula is C14H18ClNO4. The molecule has 1 aromatic rings. The quantitative estimate of drug-likeness (QED) is 0.644. The Bertz CT molecular complexity index is 459. The number of esters is 1. The van der Waals surface area contributed by atoms with E-state index in [1.165, 1.54) is 7.11 Å². The molecule has 0 aromatic heterocycles. The number of benzene rings is 1. The summed E-state index contributed by atoms with van der Waals surface area (Å²) < 4.78 is 9.94. The second-order valence-corrected chi connectivity index (χ2v) is 4.92. The molecule has 110 valence electrons. The van der Waals surface area contributed by atoms with Crippen molar-refractivity contribution in [1.82, 2.24) is 5.32 Å². The van der Waals surface area contributed by atoms with Gasteiger partial charge in [-0.1, -0.05) is 0 Å². The molecular weight excluding hydrogens is 282 g/mol. The molecule has 0 radical (unpaired) electrons. The van der Waals surface area contributed by atoms with Gasteiger partial charge >= 0.3 is 5.97 Å². The van der Waals surface area contributed by atoms with Crippen molar-refractivity contribution in [2.75, 3.05) is 13.7 Å². The van der Waals surface area contributed by atoms with E-state index in [-0.39, 0.29) is 18.6 Å². The molecule has 0 bridgehead atoms. The van der Waals surface area contributed by atoms with Crippen molar-refractivity contribution in [3.8, 4) is 5.75 Å². The van der Waals surface area contributed by atoms with E-state index in [0.29, 0.717) is 11.3 Å². The van der Waals surface area contributed by atoms with Crippen LogP contribution in [0.15, 0.2) is 24.3 Å². The fourth-order valence-electron chi connectivity index (χ4n) is 1.45. The topological polar surface area (TPSA) is 64.6 Å². The van der Waals surface area contributed by atoms with E-state index in [4.69, 9.17) is 16.3 Å². The van der Waals surface area contributed by atoms with E-state index in [2.05, 4.69) is 10.1 Å². The van der Waals surface area contributed by atoms with Crippen LogP contribution in [0, 0.1) is 0 Å². The smallest absolute Gasteiger partial charge is 0.325 e. The molecule has 0 spiro atoms. The Labute approximate surface area is 123 Å². The highest BCUT2D eigenvalue weighted by Gasteiger charge is 2.17. The van der Waals surface area contributed by atoms with Crippen LogP contribution in [0.2, 0.25) is 0 Å². The fraction of sp³-hybridized carbons (Fsp3) is 0.429. The maximum absolute atomic E-state index is 11.8. The molecule has 1 aromatic carbocycles. The van der Waals surface area contributed by atoms with E-state index >= 15 is 0 Å². The predicted molar refractivity (Wildman–Crippen MR) is 76.2 cm³/mol. The van der Waals surface area contributed by atoms with Crippen LogP contribution in [-0.4, -0.2) is 37.0 Å². The Hall–Kier alpha value is -1.75. The van der Waals surface area contributed by atoms with Crippen LogP contribution in [0.25, 0.3) is 0 Å². The summed E-state index contributed by atoms with van der Waals surface area (Å²) in [5.41, 5.74) is 0.467. The van der Waals surface area contributed by atoms with E-state index in [1.54, 1.807) is 24.3 Å². The summed E-state index contributed by atoms with van der Waals surface area (Å²) in [5, 5.41) is 1.67. The number of hydrogen-bond acceptors (Lipinski definition) is 4. The van der Waals surface area contributed by atoms with Gasteiger partial charge < -0.3 is 14.8 Å². The van der Waals surface area contributed by atoms with Gasteiger partial charge in [-0.15, -0.1) is 11.6 Å². The summed E-state index contributed by atoms with van der Waals surface area (Å²) >= 11 is 5.74. The van der Waals surface area contributed by atoms with Gasteiger partial charge in [0.2, 0.25) is 0 Å². The Morgan fingerprint density at radius 2 is 1.85 bits per heavy atom. The molecule has 0 aliphatic heterocycles. The number of carbonyl (C=O) groups excluding carboxylic acids is 2. The molecule has 0 heterocycles. The average Bonchev–Trinajstić information content (AvgIpc) is 2.43. The molecule has 0 saturated carbocycles. The van der Waals surface area contributed by atoms with Gasteiger partial charge in [0.15, 0.2) is 0 Å². The van der Waals surface area contributed by atoms with E-state index < -0.39 is 11.3 Å². The van der Waals surface area contributed by atoms with Crippen molar-refractivity contribution in [1.29, 1.82) is 0 Å². The number of methoxy groups -OCH3 is 1. The Kier molecular flexibility index (Phi) is 6.31. The van der Waals surface area contributed by atoms with Crippen molar-refractivity contribution in [2.24, 2.45) is 0 Å². The zero-order valence-corrected chi connectivity index (χ0v) is 12.4. The SMILES string of the molecule is COC(=O)C(Cl)CNC(=O)c1ccc(OC(C)C)cc1. The second kappa shape index (κ2) is 7.75. The molecule has 0 aliphatic rings.